The summed E-state index contributed by atoms with van der Waals surface area (Å²) in [6.07, 6.45) is 2.03. The minimum Gasteiger partial charge on any atom is -0.380 e. The van der Waals surface area contributed by atoms with Crippen molar-refractivity contribution in [2.45, 2.75) is 37.1 Å². The molecule has 4 unspecified atom stereocenters. The van der Waals surface area contributed by atoms with Crippen molar-refractivity contribution < 1.29 is 19.1 Å². The van der Waals surface area contributed by atoms with Gasteiger partial charge in [0.15, 0.2) is 0 Å². The first-order valence-electron chi connectivity index (χ1n) is 7.70. The van der Waals surface area contributed by atoms with Crippen molar-refractivity contribution in [3.8, 4) is 0 Å². The molecule has 2 aliphatic heterocycles. The summed E-state index contributed by atoms with van der Waals surface area (Å²) >= 11 is 0. The second kappa shape index (κ2) is 10.5. The Morgan fingerprint density at radius 1 is 0.773 bits per heavy atom. The minimum atomic E-state index is 0.0266. The van der Waals surface area contributed by atoms with Crippen LogP contribution in [0.3, 0.4) is 0 Å². The van der Waals surface area contributed by atoms with E-state index in [9.17, 15) is 0 Å². The SMILES string of the molecule is CN(C)C1CCOCC1ON.CN(C)C1COCCC1ON. The number of nitrogens with two attached hydrogens (primary N) is 2. The van der Waals surface area contributed by atoms with Crippen molar-refractivity contribution in [3.63, 3.8) is 0 Å². The van der Waals surface area contributed by atoms with E-state index in [-0.39, 0.29) is 12.2 Å². The summed E-state index contributed by atoms with van der Waals surface area (Å²) < 4.78 is 10.5. The zero-order valence-electron chi connectivity index (χ0n) is 14.2. The molecule has 0 aromatic carbocycles. The molecule has 0 aromatic heterocycles. The summed E-state index contributed by atoms with van der Waals surface area (Å²) in [4.78, 5) is 13.8. The van der Waals surface area contributed by atoms with Crippen LogP contribution in [0.4, 0.5) is 0 Å². The molecule has 4 atom stereocenters. The molecule has 2 aliphatic rings. The van der Waals surface area contributed by atoms with Gasteiger partial charge in [0.1, 0.15) is 6.10 Å². The Labute approximate surface area is 133 Å². The number of ether oxygens (including phenoxy) is 2. The maximum Gasteiger partial charge on any atom is 0.117 e. The van der Waals surface area contributed by atoms with E-state index in [1.54, 1.807) is 0 Å². The zero-order chi connectivity index (χ0) is 16.5. The van der Waals surface area contributed by atoms with Crippen LogP contribution >= 0.6 is 0 Å². The Hall–Kier alpha value is -0.320. The smallest absolute Gasteiger partial charge is 0.117 e. The molecule has 4 N–H and O–H groups in total. The second-order valence-electron chi connectivity index (χ2n) is 6.14. The van der Waals surface area contributed by atoms with Crippen LogP contribution in [0.5, 0.6) is 0 Å². The molecule has 0 aliphatic carbocycles. The highest BCUT2D eigenvalue weighted by Gasteiger charge is 2.28. The molecule has 8 nitrogen and oxygen atoms in total. The number of likely N-dealkylation sites (N-methyl/N-ethyl adjacent to an activating group) is 2. The molecule has 2 saturated heterocycles. The largest absolute Gasteiger partial charge is 0.380 e. The molecule has 0 aromatic rings. The standard InChI is InChI=1S/2C7H16N2O2/c1-9(2)6-5-10-4-3-7(6)11-8;1-9(2)6-3-4-10-5-7(6)11-8/h2*6-7H,3-5,8H2,1-2H3. The monoisotopic (exact) mass is 320 g/mol. The molecule has 2 rings (SSSR count). The second-order valence-corrected chi connectivity index (χ2v) is 6.14. The van der Waals surface area contributed by atoms with Crippen molar-refractivity contribution >= 4 is 0 Å². The molecule has 0 saturated carbocycles. The Morgan fingerprint density at radius 3 is 1.77 bits per heavy atom. The van der Waals surface area contributed by atoms with Crippen LogP contribution in [0.25, 0.3) is 0 Å². The van der Waals surface area contributed by atoms with Crippen molar-refractivity contribution in [2.75, 3.05) is 54.6 Å². The number of hydrogen-bond donors (Lipinski definition) is 2. The van der Waals surface area contributed by atoms with Gasteiger partial charge in [-0.25, -0.2) is 11.8 Å². The van der Waals surface area contributed by atoms with Gasteiger partial charge in [-0.05, 0) is 34.6 Å². The first kappa shape index (κ1) is 19.7. The predicted molar refractivity (Wildman–Crippen MR) is 83.9 cm³/mol. The normalized spacial score (nSPS) is 32.7. The van der Waals surface area contributed by atoms with Crippen LogP contribution in [0.2, 0.25) is 0 Å². The molecule has 0 spiro atoms. The minimum absolute atomic E-state index is 0.0266. The fraction of sp³-hybridized carbons (Fsp3) is 1.00. The average Bonchev–Trinajstić information content (AvgIpc) is 2.55. The van der Waals surface area contributed by atoms with E-state index in [4.69, 9.17) is 30.9 Å². The van der Waals surface area contributed by atoms with Crippen LogP contribution in [-0.2, 0) is 19.1 Å². The van der Waals surface area contributed by atoms with Gasteiger partial charge in [0.25, 0.3) is 0 Å². The van der Waals surface area contributed by atoms with Gasteiger partial charge in [0, 0.05) is 25.7 Å². The highest BCUT2D eigenvalue weighted by atomic mass is 16.6. The fourth-order valence-corrected chi connectivity index (χ4v) is 2.76. The van der Waals surface area contributed by atoms with Crippen LogP contribution in [0, 0.1) is 0 Å². The van der Waals surface area contributed by atoms with Gasteiger partial charge >= 0.3 is 0 Å². The van der Waals surface area contributed by atoms with E-state index in [2.05, 4.69) is 9.80 Å². The predicted octanol–water partition coefficient (Wildman–Crippen LogP) is -0.808. The lowest BCUT2D eigenvalue weighted by molar-refractivity contribution is -0.0916. The van der Waals surface area contributed by atoms with E-state index >= 15 is 0 Å². The summed E-state index contributed by atoms with van der Waals surface area (Å²) in [5.74, 6) is 10.3. The molecule has 8 heteroatoms. The van der Waals surface area contributed by atoms with Gasteiger partial charge in [-0.3, -0.25) is 9.68 Å². The maximum absolute atomic E-state index is 5.30. The Morgan fingerprint density at radius 2 is 1.32 bits per heavy atom. The number of nitrogens with zero attached hydrogens (tertiary/aromatic N) is 2. The van der Waals surface area contributed by atoms with Crippen LogP contribution in [0.1, 0.15) is 12.8 Å². The van der Waals surface area contributed by atoms with Crippen molar-refractivity contribution in [1.29, 1.82) is 0 Å². The molecular weight excluding hydrogens is 288 g/mol. The van der Waals surface area contributed by atoms with Gasteiger partial charge in [0.2, 0.25) is 0 Å². The molecule has 0 radical (unpaired) electrons. The molecule has 0 amide bonds. The summed E-state index contributed by atoms with van der Waals surface area (Å²) in [6.45, 7) is 2.89. The Bertz CT molecular complexity index is 266. The highest BCUT2D eigenvalue weighted by Crippen LogP contribution is 2.14. The summed E-state index contributed by atoms with van der Waals surface area (Å²) in [5.41, 5.74) is 0. The van der Waals surface area contributed by atoms with E-state index in [1.807, 2.05) is 28.2 Å². The third-order valence-corrected chi connectivity index (χ3v) is 4.21. The van der Waals surface area contributed by atoms with E-state index in [1.165, 1.54) is 0 Å². The topological polar surface area (TPSA) is 95.4 Å². The number of rotatable bonds is 4. The van der Waals surface area contributed by atoms with Crippen LogP contribution < -0.4 is 11.8 Å². The van der Waals surface area contributed by atoms with Gasteiger partial charge in [0.05, 0.1) is 25.4 Å². The van der Waals surface area contributed by atoms with Crippen LogP contribution in [0.15, 0.2) is 0 Å². The van der Waals surface area contributed by atoms with Crippen molar-refractivity contribution in [2.24, 2.45) is 11.8 Å². The van der Waals surface area contributed by atoms with Gasteiger partial charge < -0.3 is 19.3 Å². The lowest BCUT2D eigenvalue weighted by Crippen LogP contribution is -2.48. The van der Waals surface area contributed by atoms with E-state index < -0.39 is 0 Å². The zero-order valence-corrected chi connectivity index (χ0v) is 14.2. The van der Waals surface area contributed by atoms with E-state index in [0.29, 0.717) is 18.7 Å². The van der Waals surface area contributed by atoms with Gasteiger partial charge in [-0.2, -0.15) is 0 Å². The molecule has 2 heterocycles. The van der Waals surface area contributed by atoms with Crippen molar-refractivity contribution in [1.82, 2.24) is 9.80 Å². The van der Waals surface area contributed by atoms with Gasteiger partial charge in [-0.1, -0.05) is 0 Å². The molecule has 2 fully saturated rings. The van der Waals surface area contributed by atoms with E-state index in [0.717, 1.165) is 32.7 Å². The van der Waals surface area contributed by atoms with Crippen LogP contribution in [-0.4, -0.2) is 88.7 Å². The first-order valence-corrected chi connectivity index (χ1v) is 7.70. The third kappa shape index (κ3) is 6.05. The van der Waals surface area contributed by atoms with Gasteiger partial charge in [-0.15, -0.1) is 0 Å². The third-order valence-electron chi connectivity index (χ3n) is 4.21. The molecule has 0 bridgehead atoms. The number of hydrogen-bond acceptors (Lipinski definition) is 8. The summed E-state index contributed by atoms with van der Waals surface area (Å²) in [7, 11) is 8.07. The molecule has 132 valence electrons. The highest BCUT2D eigenvalue weighted by molar-refractivity contribution is 4.80. The Kier molecular flexibility index (Phi) is 9.37. The quantitative estimate of drug-likeness (QED) is 0.650. The lowest BCUT2D eigenvalue weighted by Gasteiger charge is -2.34. The maximum atomic E-state index is 5.30. The first-order chi connectivity index (χ1) is 10.5. The fourth-order valence-electron chi connectivity index (χ4n) is 2.76. The average molecular weight is 320 g/mol. The Balaban J connectivity index is 0.000000220. The van der Waals surface area contributed by atoms with Crippen molar-refractivity contribution in [3.05, 3.63) is 0 Å². The molecular formula is C14H32N4O4. The molecule has 22 heavy (non-hydrogen) atoms. The summed E-state index contributed by atoms with van der Waals surface area (Å²) in [6, 6.07) is 0.697. The summed E-state index contributed by atoms with van der Waals surface area (Å²) in [5, 5.41) is 0. The lowest BCUT2D eigenvalue weighted by atomic mass is 10.1.